The Balaban J connectivity index is 6.01. The molecule has 0 aliphatic carbocycles. The van der Waals surface area contributed by atoms with Crippen LogP contribution in [0.5, 0.6) is 0 Å². The molecule has 0 heterocycles. The van der Waals surface area contributed by atoms with Crippen LogP contribution in [0.25, 0.3) is 0 Å². The fraction of sp³-hybridized carbons (Fsp3) is 0.696. The first-order chi connectivity index (χ1) is 34.4. The van der Waals surface area contributed by atoms with Crippen LogP contribution in [0.3, 0.4) is 0 Å². The number of hydrogen-bond donors (Lipinski definition) is 8. The second-order valence-electron chi connectivity index (χ2n) is 19.6. The summed E-state index contributed by atoms with van der Waals surface area (Å²) in [4.78, 5) is 134. The number of esters is 4. The van der Waals surface area contributed by atoms with Crippen LogP contribution in [0.2, 0.25) is 0 Å². The lowest BCUT2D eigenvalue weighted by molar-refractivity contribution is -0.536. The van der Waals surface area contributed by atoms with Crippen molar-refractivity contribution in [2.24, 2.45) is 67.4 Å². The van der Waals surface area contributed by atoms with Gasteiger partial charge >= 0.3 is 23.9 Å². The second kappa shape index (κ2) is 34.9. The Morgan fingerprint density at radius 1 is 0.568 bits per heavy atom. The second-order valence-corrected chi connectivity index (χ2v) is 19.6. The molecule has 0 saturated heterocycles. The van der Waals surface area contributed by atoms with Crippen LogP contribution in [-0.4, -0.2) is 109 Å². The number of hydrazine groups is 2. The van der Waals surface area contributed by atoms with Gasteiger partial charge in [0, 0.05) is 50.9 Å². The third-order valence-electron chi connectivity index (χ3n) is 10.6. The van der Waals surface area contributed by atoms with E-state index >= 15 is 0 Å². The highest BCUT2D eigenvalue weighted by atomic mass is 16.7. The van der Waals surface area contributed by atoms with Gasteiger partial charge in [0.1, 0.15) is 23.1 Å². The molecule has 0 rings (SSSR count). The SMILES string of the molecule is C=C(N)NCCCC(CC(=O)CC(=O)C(C)(C)C)C(=O)OCOC(=O)C(CCCN=C(N)N)CC(=O)CC(=O)CC(CCCNC(=C)N[N+](=O)[O-])C(=O)OCOC(=O)C(CCCN=C(N)N[N+](=O)[O-])CC(C)(C)C. The minimum Gasteiger partial charge on any atom is -0.428 e. The summed E-state index contributed by atoms with van der Waals surface area (Å²) in [7, 11) is 0. The van der Waals surface area contributed by atoms with Crippen LogP contribution in [0.4, 0.5) is 0 Å². The van der Waals surface area contributed by atoms with Gasteiger partial charge in [0.2, 0.25) is 13.6 Å². The number of ketones is 4. The van der Waals surface area contributed by atoms with Crippen molar-refractivity contribution in [3.8, 4) is 0 Å². The third-order valence-corrected chi connectivity index (χ3v) is 10.6. The van der Waals surface area contributed by atoms with E-state index in [-0.39, 0.29) is 93.4 Å². The van der Waals surface area contributed by atoms with E-state index < -0.39 is 126 Å². The van der Waals surface area contributed by atoms with Crippen LogP contribution in [0.15, 0.2) is 34.8 Å². The molecule has 0 saturated carbocycles. The maximum Gasteiger partial charge on any atom is 0.312 e. The zero-order valence-electron chi connectivity index (χ0n) is 43.5. The summed E-state index contributed by atoms with van der Waals surface area (Å²) in [6.45, 7) is 16.4. The summed E-state index contributed by atoms with van der Waals surface area (Å²) in [5.41, 5.74) is 24.3. The predicted octanol–water partition coefficient (Wildman–Crippen LogP) is 1.60. The van der Waals surface area contributed by atoms with E-state index in [4.69, 9.17) is 41.9 Å². The smallest absolute Gasteiger partial charge is 0.312 e. The van der Waals surface area contributed by atoms with Crippen molar-refractivity contribution in [2.45, 2.75) is 131 Å². The van der Waals surface area contributed by atoms with E-state index in [0.717, 1.165) is 0 Å². The zero-order chi connectivity index (χ0) is 56.6. The Bertz CT molecular complexity index is 2010. The van der Waals surface area contributed by atoms with Crippen molar-refractivity contribution in [3.05, 3.63) is 45.0 Å². The summed E-state index contributed by atoms with van der Waals surface area (Å²) in [5, 5.41) is 25.1. The molecule has 0 amide bonds. The van der Waals surface area contributed by atoms with E-state index in [9.17, 15) is 58.6 Å². The van der Waals surface area contributed by atoms with Gasteiger partial charge in [0.05, 0.1) is 42.3 Å². The van der Waals surface area contributed by atoms with Gasteiger partial charge in [-0.25, -0.2) is 25.2 Å². The Morgan fingerprint density at radius 2 is 0.959 bits per heavy atom. The summed E-state index contributed by atoms with van der Waals surface area (Å²) >= 11 is 0. The number of carbonyl (C=O) groups excluding carboxylic acids is 8. The van der Waals surface area contributed by atoms with E-state index in [1.165, 1.54) is 0 Å². The largest absolute Gasteiger partial charge is 0.428 e. The summed E-state index contributed by atoms with van der Waals surface area (Å²) in [6.07, 6.45) is -0.863. The summed E-state index contributed by atoms with van der Waals surface area (Å²) < 4.78 is 21.0. The standard InChI is InChI=1S/C46H78N12O16/c1-29(47)51-17-9-13-33(23-37(61)25-38(62)46(6,7)8)41(65)72-27-71-40(64)32(15-11-19-53-43(48)49)22-36(60)24-35(59)21-31(14-10-18-52-30(2)55-57(67)68)39(63)73-28-74-42(66)34(26-45(3,4)5)16-12-20-54-44(50)56-58(69)70/h31-34,51-52,55H,1-2,9-28,47H2,3-8H3,(H4,48,49,53)(H3,50,54,56). The molecule has 418 valence electrons. The van der Waals surface area contributed by atoms with Gasteiger partial charge in [-0.1, -0.05) is 65.6 Å². The topological polar surface area (TPSA) is 437 Å². The summed E-state index contributed by atoms with van der Waals surface area (Å²) in [6, 6.07) is 0. The number of nitrogens with two attached hydrogens (primary N) is 4. The lowest BCUT2D eigenvalue weighted by Gasteiger charge is -2.24. The average molecular weight is 1060 g/mol. The normalized spacial score (nSPS) is 13.0. The monoisotopic (exact) mass is 1050 g/mol. The Labute approximate surface area is 430 Å². The number of carbonyl (C=O) groups is 8. The van der Waals surface area contributed by atoms with Gasteiger partial charge in [-0.2, -0.15) is 0 Å². The number of hydrogen-bond acceptors (Lipinski definition) is 21. The van der Waals surface area contributed by atoms with Crippen molar-refractivity contribution >= 4 is 58.9 Å². The molecule has 0 fully saturated rings. The molecule has 0 spiro atoms. The molecule has 28 nitrogen and oxygen atoms in total. The number of nitro groups is 2. The number of Topliss-reactive ketones (excluding diaryl/α,β-unsaturated/α-hetero) is 4. The van der Waals surface area contributed by atoms with Gasteiger partial charge in [-0.05, 0) is 63.2 Å². The highest BCUT2D eigenvalue weighted by Crippen LogP contribution is 2.28. The van der Waals surface area contributed by atoms with Gasteiger partial charge < -0.3 is 52.5 Å². The Hall–Kier alpha value is -7.42. The molecule has 0 bridgehead atoms. The predicted molar refractivity (Wildman–Crippen MR) is 268 cm³/mol. The number of guanidine groups is 2. The third kappa shape index (κ3) is 34.0. The molecule has 12 N–H and O–H groups in total. The molecule has 4 unspecified atom stereocenters. The maximum absolute atomic E-state index is 13.4. The maximum atomic E-state index is 13.4. The highest BCUT2D eigenvalue weighted by Gasteiger charge is 2.31. The minimum absolute atomic E-state index is 0.0142. The number of nitrogens with zero attached hydrogens (tertiary/aromatic N) is 4. The van der Waals surface area contributed by atoms with Crippen LogP contribution in [0, 0.1) is 54.7 Å². The van der Waals surface area contributed by atoms with Gasteiger partial charge in [0.25, 0.3) is 5.96 Å². The molecule has 0 aliphatic rings. The lowest BCUT2D eigenvalue weighted by atomic mass is 9.83. The lowest BCUT2D eigenvalue weighted by Crippen LogP contribution is -2.36. The quantitative estimate of drug-likeness (QED) is 0.00631. The van der Waals surface area contributed by atoms with Crippen molar-refractivity contribution in [2.75, 3.05) is 39.8 Å². The molecule has 0 aromatic carbocycles. The molecule has 74 heavy (non-hydrogen) atoms. The fourth-order valence-corrected chi connectivity index (χ4v) is 6.97. The average Bonchev–Trinajstić information content (AvgIpc) is 3.26. The zero-order valence-corrected chi connectivity index (χ0v) is 43.5. The first kappa shape index (κ1) is 66.6. The van der Waals surface area contributed by atoms with E-state index in [1.807, 2.05) is 26.2 Å². The molecule has 4 atom stereocenters. The molecular formula is C46H78N12O16. The van der Waals surface area contributed by atoms with Crippen LogP contribution < -0.4 is 44.4 Å². The Morgan fingerprint density at radius 3 is 1.36 bits per heavy atom. The number of aliphatic imine (C=N–C) groups is 2. The van der Waals surface area contributed by atoms with Gasteiger partial charge in [0.15, 0.2) is 21.8 Å². The number of rotatable bonds is 40. The number of nitrogens with one attached hydrogen (secondary N) is 4. The van der Waals surface area contributed by atoms with E-state index in [0.29, 0.717) is 25.8 Å². The van der Waals surface area contributed by atoms with Crippen molar-refractivity contribution in [1.82, 2.24) is 21.5 Å². The molecule has 28 heteroatoms. The van der Waals surface area contributed by atoms with Crippen molar-refractivity contribution in [1.29, 1.82) is 0 Å². The molecule has 0 aliphatic heterocycles. The van der Waals surface area contributed by atoms with E-state index in [2.05, 4.69) is 33.8 Å². The van der Waals surface area contributed by atoms with Crippen LogP contribution in [-0.2, 0) is 57.3 Å². The Kier molecular flexibility index (Phi) is 31.4. The van der Waals surface area contributed by atoms with Crippen molar-refractivity contribution in [3.63, 3.8) is 0 Å². The molecule has 0 aromatic heterocycles. The van der Waals surface area contributed by atoms with Crippen LogP contribution in [0.1, 0.15) is 131 Å². The fourth-order valence-electron chi connectivity index (χ4n) is 6.97. The number of ether oxygens (including phenoxy) is 4. The molecular weight excluding hydrogens is 977 g/mol. The summed E-state index contributed by atoms with van der Waals surface area (Å²) in [5.74, 6) is -10.4. The highest BCUT2D eigenvalue weighted by molar-refractivity contribution is 6.02. The van der Waals surface area contributed by atoms with E-state index in [1.54, 1.807) is 26.2 Å². The van der Waals surface area contributed by atoms with Gasteiger partial charge in [-0.3, -0.25) is 43.3 Å². The van der Waals surface area contributed by atoms with Crippen molar-refractivity contribution < 1.29 is 67.4 Å². The van der Waals surface area contributed by atoms with Gasteiger partial charge in [-0.15, -0.1) is 0 Å². The minimum atomic E-state index is -1.20. The first-order valence-electron chi connectivity index (χ1n) is 23.9. The molecule has 0 aromatic rings. The first-order valence-corrected chi connectivity index (χ1v) is 23.9. The molecule has 0 radical (unpaired) electrons. The van der Waals surface area contributed by atoms with Crippen LogP contribution >= 0.6 is 0 Å².